The lowest BCUT2D eigenvalue weighted by molar-refractivity contribution is -0.142. The molecule has 1 atom stereocenters. The van der Waals surface area contributed by atoms with Crippen LogP contribution in [0.15, 0.2) is 46.9 Å². The van der Waals surface area contributed by atoms with Gasteiger partial charge in [-0.25, -0.2) is 0 Å². The summed E-state index contributed by atoms with van der Waals surface area (Å²) in [5.74, 6) is 0.633. The first kappa shape index (κ1) is 24.0. The van der Waals surface area contributed by atoms with Crippen LogP contribution < -0.4 is 14.8 Å². The van der Waals surface area contributed by atoms with Crippen LogP contribution in [-0.2, 0) is 16.1 Å². The number of benzene rings is 2. The molecule has 2 aromatic carbocycles. The van der Waals surface area contributed by atoms with Gasteiger partial charge in [-0.3, -0.25) is 9.59 Å². The zero-order valence-electron chi connectivity index (χ0n) is 17.4. The molecule has 0 spiro atoms. The number of nitrogens with zero attached hydrogens (tertiary/aromatic N) is 1. The molecule has 0 fully saturated rings. The van der Waals surface area contributed by atoms with Crippen LogP contribution in [0.1, 0.15) is 26.3 Å². The Hall–Kier alpha value is -2.25. The van der Waals surface area contributed by atoms with Crippen LogP contribution in [0.3, 0.4) is 0 Å². The Morgan fingerprint density at radius 3 is 2.53 bits per heavy atom. The van der Waals surface area contributed by atoms with Gasteiger partial charge in [-0.15, -0.1) is 0 Å². The van der Waals surface area contributed by atoms with Gasteiger partial charge in [0, 0.05) is 17.6 Å². The Kier molecular flexibility index (Phi) is 8.99. The number of halogens is 2. The number of carbonyl (C=O) groups is 2. The van der Waals surface area contributed by atoms with Gasteiger partial charge in [0.05, 0.1) is 11.6 Å². The molecule has 162 valence electrons. The standard InChI is InChI=1S/C22H26BrClN2O4/c1-14(2)25-22(28)15(3)26(12-16-6-5-7-18(10-16)29-4)21(27)13-30-20-9-8-17(24)11-19(20)23/h5-11,14-15H,12-13H2,1-4H3,(H,25,28)/t15-/m1/s1. The maximum absolute atomic E-state index is 13.0. The summed E-state index contributed by atoms with van der Waals surface area (Å²) in [5.41, 5.74) is 0.847. The molecule has 6 nitrogen and oxygen atoms in total. The van der Waals surface area contributed by atoms with Gasteiger partial charge in [0.25, 0.3) is 5.91 Å². The van der Waals surface area contributed by atoms with E-state index in [1.54, 1.807) is 32.2 Å². The van der Waals surface area contributed by atoms with E-state index in [4.69, 9.17) is 21.1 Å². The van der Waals surface area contributed by atoms with Crippen molar-refractivity contribution in [3.05, 3.63) is 57.5 Å². The lowest BCUT2D eigenvalue weighted by atomic mass is 10.1. The number of hydrogen-bond acceptors (Lipinski definition) is 4. The average Bonchev–Trinajstić information content (AvgIpc) is 2.70. The van der Waals surface area contributed by atoms with Crippen LogP contribution in [0.25, 0.3) is 0 Å². The zero-order chi connectivity index (χ0) is 22.3. The van der Waals surface area contributed by atoms with E-state index >= 15 is 0 Å². The van der Waals surface area contributed by atoms with Crippen molar-refractivity contribution in [2.24, 2.45) is 0 Å². The van der Waals surface area contributed by atoms with Crippen molar-refractivity contribution in [1.29, 1.82) is 0 Å². The van der Waals surface area contributed by atoms with Gasteiger partial charge in [0.2, 0.25) is 5.91 Å². The minimum absolute atomic E-state index is 0.0324. The number of carbonyl (C=O) groups excluding carboxylic acids is 2. The van der Waals surface area contributed by atoms with Crippen molar-refractivity contribution in [1.82, 2.24) is 10.2 Å². The quantitative estimate of drug-likeness (QED) is 0.556. The Balaban J connectivity index is 2.19. The predicted octanol–water partition coefficient (Wildman–Crippen LogP) is 4.43. The molecular weight excluding hydrogens is 472 g/mol. The van der Waals surface area contributed by atoms with Gasteiger partial charge in [-0.2, -0.15) is 0 Å². The number of amides is 2. The molecule has 2 rings (SSSR count). The van der Waals surface area contributed by atoms with Crippen molar-refractivity contribution in [2.45, 2.75) is 39.4 Å². The minimum atomic E-state index is -0.677. The smallest absolute Gasteiger partial charge is 0.261 e. The van der Waals surface area contributed by atoms with Crippen LogP contribution >= 0.6 is 27.5 Å². The summed E-state index contributed by atoms with van der Waals surface area (Å²) in [6.45, 7) is 5.48. The number of methoxy groups -OCH3 is 1. The lowest BCUT2D eigenvalue weighted by Gasteiger charge is -2.29. The monoisotopic (exact) mass is 496 g/mol. The fourth-order valence-electron chi connectivity index (χ4n) is 2.77. The third kappa shape index (κ3) is 6.92. The normalized spacial score (nSPS) is 11.7. The molecule has 0 radical (unpaired) electrons. The Morgan fingerprint density at radius 1 is 1.17 bits per heavy atom. The van der Waals surface area contributed by atoms with Crippen molar-refractivity contribution in [3.63, 3.8) is 0 Å². The number of hydrogen-bond donors (Lipinski definition) is 1. The van der Waals surface area contributed by atoms with Gasteiger partial charge >= 0.3 is 0 Å². The lowest BCUT2D eigenvalue weighted by Crippen LogP contribution is -2.50. The largest absolute Gasteiger partial charge is 0.497 e. The molecule has 0 aliphatic rings. The van der Waals surface area contributed by atoms with Crippen LogP contribution in [0.4, 0.5) is 0 Å². The molecule has 1 N–H and O–H groups in total. The van der Waals surface area contributed by atoms with E-state index < -0.39 is 6.04 Å². The van der Waals surface area contributed by atoms with Crippen LogP contribution in [-0.4, -0.2) is 42.5 Å². The second-order valence-corrected chi connectivity index (χ2v) is 8.37. The second-order valence-electron chi connectivity index (χ2n) is 7.08. The van der Waals surface area contributed by atoms with Crippen LogP contribution in [0.5, 0.6) is 11.5 Å². The summed E-state index contributed by atoms with van der Waals surface area (Å²) >= 11 is 9.32. The third-order valence-corrected chi connectivity index (χ3v) is 5.19. The van der Waals surface area contributed by atoms with Gasteiger partial charge in [0.15, 0.2) is 6.61 Å². The highest BCUT2D eigenvalue weighted by Crippen LogP contribution is 2.28. The molecule has 0 aliphatic carbocycles. The SMILES string of the molecule is COc1cccc(CN(C(=O)COc2ccc(Cl)cc2Br)[C@H](C)C(=O)NC(C)C)c1. The molecule has 0 saturated heterocycles. The summed E-state index contributed by atoms with van der Waals surface area (Å²) in [6.07, 6.45) is 0. The molecule has 0 saturated carbocycles. The van der Waals surface area contributed by atoms with E-state index in [9.17, 15) is 9.59 Å². The van der Waals surface area contributed by atoms with Crippen molar-refractivity contribution in [3.8, 4) is 11.5 Å². The van der Waals surface area contributed by atoms with Crippen LogP contribution in [0, 0.1) is 0 Å². The fourth-order valence-corrected chi connectivity index (χ4v) is 3.57. The molecule has 8 heteroatoms. The molecule has 0 aromatic heterocycles. The molecule has 2 amide bonds. The van der Waals surface area contributed by atoms with E-state index in [1.807, 2.05) is 38.1 Å². The average molecular weight is 498 g/mol. The van der Waals surface area contributed by atoms with Crippen molar-refractivity contribution in [2.75, 3.05) is 13.7 Å². The highest BCUT2D eigenvalue weighted by molar-refractivity contribution is 9.10. The van der Waals surface area contributed by atoms with Crippen molar-refractivity contribution < 1.29 is 19.1 Å². The predicted molar refractivity (Wildman–Crippen MR) is 121 cm³/mol. The minimum Gasteiger partial charge on any atom is -0.497 e. The Labute approximate surface area is 190 Å². The third-order valence-electron chi connectivity index (χ3n) is 4.33. The highest BCUT2D eigenvalue weighted by atomic mass is 79.9. The Morgan fingerprint density at radius 2 is 1.90 bits per heavy atom. The Bertz CT molecular complexity index is 891. The summed E-state index contributed by atoms with van der Waals surface area (Å²) in [5, 5.41) is 3.41. The molecule has 0 heterocycles. The first-order valence-electron chi connectivity index (χ1n) is 9.52. The summed E-state index contributed by atoms with van der Waals surface area (Å²) in [7, 11) is 1.58. The molecule has 0 unspecified atom stereocenters. The number of nitrogens with one attached hydrogen (secondary N) is 1. The van der Waals surface area contributed by atoms with E-state index in [-0.39, 0.29) is 31.0 Å². The first-order valence-corrected chi connectivity index (χ1v) is 10.7. The maximum atomic E-state index is 13.0. The topological polar surface area (TPSA) is 67.9 Å². The zero-order valence-corrected chi connectivity index (χ0v) is 19.8. The number of ether oxygens (including phenoxy) is 2. The number of rotatable bonds is 9. The summed E-state index contributed by atoms with van der Waals surface area (Å²) < 4.78 is 11.6. The summed E-state index contributed by atoms with van der Waals surface area (Å²) in [4.78, 5) is 27.1. The second kappa shape index (κ2) is 11.2. The van der Waals surface area contributed by atoms with Gasteiger partial charge in [0.1, 0.15) is 17.5 Å². The van der Waals surface area contributed by atoms with E-state index in [0.29, 0.717) is 21.0 Å². The molecular formula is C22H26BrClN2O4. The van der Waals surface area contributed by atoms with Gasteiger partial charge < -0.3 is 19.7 Å². The molecule has 30 heavy (non-hydrogen) atoms. The molecule has 0 aliphatic heterocycles. The van der Waals surface area contributed by atoms with Crippen LogP contribution in [0.2, 0.25) is 5.02 Å². The first-order chi connectivity index (χ1) is 14.2. The maximum Gasteiger partial charge on any atom is 0.261 e. The molecule has 0 bridgehead atoms. The fraction of sp³-hybridized carbons (Fsp3) is 0.364. The highest BCUT2D eigenvalue weighted by Gasteiger charge is 2.27. The summed E-state index contributed by atoms with van der Waals surface area (Å²) in [6, 6.07) is 11.7. The van der Waals surface area contributed by atoms with E-state index in [2.05, 4.69) is 21.2 Å². The van der Waals surface area contributed by atoms with E-state index in [1.165, 1.54) is 4.90 Å². The van der Waals surface area contributed by atoms with Gasteiger partial charge in [-0.1, -0.05) is 23.7 Å². The van der Waals surface area contributed by atoms with E-state index in [0.717, 1.165) is 5.56 Å². The van der Waals surface area contributed by atoms with Gasteiger partial charge in [-0.05, 0) is 72.6 Å². The molecule has 2 aromatic rings. The van der Waals surface area contributed by atoms with Crippen molar-refractivity contribution >= 4 is 39.3 Å².